The molecule has 3 rings (SSSR count). The third-order valence-corrected chi connectivity index (χ3v) is 5.08. The SMILES string of the molecule is Cc1cc(Br)ccc1C(=O)C1CCOC2(CCC2)C1. The fourth-order valence-electron chi connectivity index (χ4n) is 3.29. The summed E-state index contributed by atoms with van der Waals surface area (Å²) in [7, 11) is 0. The van der Waals surface area contributed by atoms with Crippen LogP contribution in [0.5, 0.6) is 0 Å². The molecule has 1 atom stereocenters. The van der Waals surface area contributed by atoms with Gasteiger partial charge in [-0.05, 0) is 56.7 Å². The van der Waals surface area contributed by atoms with Crippen LogP contribution >= 0.6 is 15.9 Å². The molecular weight excluding hydrogens is 304 g/mol. The number of ketones is 1. The maximum absolute atomic E-state index is 12.7. The molecule has 1 aromatic carbocycles. The number of hydrogen-bond donors (Lipinski definition) is 0. The van der Waals surface area contributed by atoms with Gasteiger partial charge >= 0.3 is 0 Å². The topological polar surface area (TPSA) is 26.3 Å². The summed E-state index contributed by atoms with van der Waals surface area (Å²) in [5.74, 6) is 0.452. The van der Waals surface area contributed by atoms with Crippen molar-refractivity contribution in [1.82, 2.24) is 0 Å². The molecule has 1 heterocycles. The molecule has 2 nitrogen and oxygen atoms in total. The Morgan fingerprint density at radius 1 is 1.42 bits per heavy atom. The van der Waals surface area contributed by atoms with Crippen molar-refractivity contribution < 1.29 is 9.53 Å². The molecule has 1 spiro atoms. The van der Waals surface area contributed by atoms with Crippen LogP contribution in [0.1, 0.15) is 48.0 Å². The number of benzene rings is 1. The lowest BCUT2D eigenvalue weighted by Gasteiger charge is -2.46. The Balaban J connectivity index is 1.79. The molecule has 0 bridgehead atoms. The minimum atomic E-state index is 0.0435. The summed E-state index contributed by atoms with van der Waals surface area (Å²) < 4.78 is 6.94. The molecule has 1 unspecified atom stereocenters. The zero-order valence-corrected chi connectivity index (χ0v) is 12.8. The largest absolute Gasteiger partial charge is 0.375 e. The van der Waals surface area contributed by atoms with Crippen molar-refractivity contribution in [3.8, 4) is 0 Å². The Hall–Kier alpha value is -0.670. The van der Waals surface area contributed by atoms with Gasteiger partial charge in [-0.25, -0.2) is 0 Å². The van der Waals surface area contributed by atoms with E-state index in [9.17, 15) is 4.79 Å². The van der Waals surface area contributed by atoms with Gasteiger partial charge in [0.25, 0.3) is 0 Å². The summed E-state index contributed by atoms with van der Waals surface area (Å²) in [6, 6.07) is 5.93. The average molecular weight is 323 g/mol. The molecule has 1 aromatic rings. The molecule has 102 valence electrons. The zero-order chi connectivity index (χ0) is 13.5. The molecule has 0 amide bonds. The minimum Gasteiger partial charge on any atom is -0.375 e. The summed E-state index contributed by atoms with van der Waals surface area (Å²) >= 11 is 3.45. The predicted octanol–water partition coefficient (Wildman–Crippen LogP) is 4.29. The number of carbonyl (C=O) groups excluding carboxylic acids is 1. The van der Waals surface area contributed by atoms with E-state index >= 15 is 0 Å². The predicted molar refractivity (Wildman–Crippen MR) is 78.5 cm³/mol. The third kappa shape index (κ3) is 2.50. The van der Waals surface area contributed by atoms with Gasteiger partial charge in [-0.3, -0.25) is 4.79 Å². The maximum atomic E-state index is 12.7. The van der Waals surface area contributed by atoms with Crippen LogP contribution in [-0.4, -0.2) is 18.0 Å². The lowest BCUT2D eigenvalue weighted by molar-refractivity contribution is -0.137. The van der Waals surface area contributed by atoms with E-state index in [0.29, 0.717) is 5.78 Å². The van der Waals surface area contributed by atoms with Crippen molar-refractivity contribution in [2.24, 2.45) is 5.92 Å². The molecule has 0 N–H and O–H groups in total. The summed E-state index contributed by atoms with van der Waals surface area (Å²) in [5.41, 5.74) is 1.99. The quantitative estimate of drug-likeness (QED) is 0.759. The maximum Gasteiger partial charge on any atom is 0.166 e. The molecule has 1 aliphatic carbocycles. The average Bonchev–Trinajstić information content (AvgIpc) is 2.36. The highest BCUT2D eigenvalue weighted by Gasteiger charge is 2.44. The van der Waals surface area contributed by atoms with E-state index in [1.165, 1.54) is 6.42 Å². The monoisotopic (exact) mass is 322 g/mol. The zero-order valence-electron chi connectivity index (χ0n) is 11.2. The van der Waals surface area contributed by atoms with Gasteiger partial charge in [-0.1, -0.05) is 22.0 Å². The first kappa shape index (κ1) is 13.3. The third-order valence-electron chi connectivity index (χ3n) is 4.58. The van der Waals surface area contributed by atoms with Gasteiger partial charge in [0.15, 0.2) is 5.78 Å². The standard InChI is InChI=1S/C16H19BrO2/c1-11-9-13(17)3-4-14(11)15(18)12-5-8-19-16(10-12)6-2-7-16/h3-4,9,12H,2,5-8,10H2,1H3. The van der Waals surface area contributed by atoms with Gasteiger partial charge in [-0.15, -0.1) is 0 Å². The lowest BCUT2D eigenvalue weighted by atomic mass is 9.70. The fourth-order valence-corrected chi connectivity index (χ4v) is 3.77. The molecular formula is C16H19BrO2. The number of rotatable bonds is 2. The van der Waals surface area contributed by atoms with Crippen molar-refractivity contribution in [2.45, 2.75) is 44.6 Å². The number of halogens is 1. The minimum absolute atomic E-state index is 0.0435. The smallest absolute Gasteiger partial charge is 0.166 e. The van der Waals surface area contributed by atoms with Crippen molar-refractivity contribution in [3.63, 3.8) is 0 Å². The second-order valence-corrected chi connectivity index (χ2v) is 6.81. The molecule has 19 heavy (non-hydrogen) atoms. The Morgan fingerprint density at radius 3 is 2.84 bits per heavy atom. The Kier molecular flexibility index (Phi) is 3.52. The van der Waals surface area contributed by atoms with Crippen LogP contribution in [0.3, 0.4) is 0 Å². The first-order chi connectivity index (χ1) is 9.10. The molecule has 0 radical (unpaired) electrons. The van der Waals surface area contributed by atoms with Crippen molar-refractivity contribution in [3.05, 3.63) is 33.8 Å². The second kappa shape index (κ2) is 5.02. The van der Waals surface area contributed by atoms with Crippen LogP contribution in [0.25, 0.3) is 0 Å². The highest BCUT2D eigenvalue weighted by molar-refractivity contribution is 9.10. The van der Waals surface area contributed by atoms with E-state index in [2.05, 4.69) is 15.9 Å². The van der Waals surface area contributed by atoms with Crippen LogP contribution in [0.2, 0.25) is 0 Å². The van der Waals surface area contributed by atoms with Crippen molar-refractivity contribution in [2.75, 3.05) is 6.61 Å². The number of aryl methyl sites for hydroxylation is 1. The molecule has 1 saturated heterocycles. The number of ether oxygens (including phenoxy) is 1. The van der Waals surface area contributed by atoms with E-state index in [0.717, 1.165) is 47.9 Å². The Bertz CT molecular complexity index is 505. The molecule has 2 fully saturated rings. The van der Waals surface area contributed by atoms with Crippen molar-refractivity contribution >= 4 is 21.7 Å². The van der Waals surface area contributed by atoms with Crippen LogP contribution in [0.15, 0.2) is 22.7 Å². The number of Topliss-reactive ketones (excluding diaryl/α,β-unsaturated/α-hetero) is 1. The molecule has 3 heteroatoms. The summed E-state index contributed by atoms with van der Waals surface area (Å²) in [4.78, 5) is 12.7. The van der Waals surface area contributed by atoms with Gasteiger partial charge in [0, 0.05) is 22.6 Å². The van der Waals surface area contributed by atoms with E-state index in [1.807, 2.05) is 25.1 Å². The van der Waals surface area contributed by atoms with E-state index in [1.54, 1.807) is 0 Å². The molecule has 1 aliphatic heterocycles. The number of carbonyl (C=O) groups is 1. The van der Waals surface area contributed by atoms with Gasteiger partial charge in [0.1, 0.15) is 0 Å². The highest BCUT2D eigenvalue weighted by Crippen LogP contribution is 2.45. The molecule has 0 aromatic heterocycles. The van der Waals surface area contributed by atoms with Crippen LogP contribution < -0.4 is 0 Å². The van der Waals surface area contributed by atoms with Crippen LogP contribution in [0.4, 0.5) is 0 Å². The second-order valence-electron chi connectivity index (χ2n) is 5.90. The van der Waals surface area contributed by atoms with Gasteiger partial charge in [0.05, 0.1) is 5.60 Å². The fraction of sp³-hybridized carbons (Fsp3) is 0.562. The van der Waals surface area contributed by atoms with Crippen LogP contribution in [0, 0.1) is 12.8 Å². The first-order valence-corrected chi connectivity index (χ1v) is 7.83. The number of hydrogen-bond acceptors (Lipinski definition) is 2. The Morgan fingerprint density at radius 2 is 2.21 bits per heavy atom. The van der Waals surface area contributed by atoms with Gasteiger partial charge < -0.3 is 4.74 Å². The molecule has 2 aliphatic rings. The first-order valence-electron chi connectivity index (χ1n) is 7.04. The summed E-state index contributed by atoms with van der Waals surface area (Å²) in [6.45, 7) is 2.75. The van der Waals surface area contributed by atoms with Crippen molar-refractivity contribution in [1.29, 1.82) is 0 Å². The Labute approximate surface area is 122 Å². The van der Waals surface area contributed by atoms with E-state index < -0.39 is 0 Å². The van der Waals surface area contributed by atoms with Crippen LogP contribution in [-0.2, 0) is 4.74 Å². The van der Waals surface area contributed by atoms with Gasteiger partial charge in [-0.2, -0.15) is 0 Å². The lowest BCUT2D eigenvalue weighted by Crippen LogP contribution is -2.47. The van der Waals surface area contributed by atoms with E-state index in [-0.39, 0.29) is 11.5 Å². The summed E-state index contributed by atoms with van der Waals surface area (Å²) in [5, 5.41) is 0. The van der Waals surface area contributed by atoms with Gasteiger partial charge in [0.2, 0.25) is 0 Å². The normalized spacial score (nSPS) is 25.1. The van der Waals surface area contributed by atoms with E-state index in [4.69, 9.17) is 4.74 Å². The highest BCUT2D eigenvalue weighted by atomic mass is 79.9. The summed E-state index contributed by atoms with van der Waals surface area (Å²) in [6.07, 6.45) is 5.31. The molecule has 1 saturated carbocycles.